The number of hydrogen-bond acceptors (Lipinski definition) is 3. The molecule has 3 rings (SSSR count). The van der Waals surface area contributed by atoms with Crippen LogP contribution in [0.2, 0.25) is 0 Å². The fraction of sp³-hybridized carbons (Fsp3) is 0.455. The minimum atomic E-state index is -0.858. The first-order valence-electron chi connectivity index (χ1n) is 9.60. The Morgan fingerprint density at radius 1 is 1.15 bits per heavy atom. The Morgan fingerprint density at radius 3 is 2.46 bits per heavy atom. The molecule has 0 spiro atoms. The second-order valence-corrected chi connectivity index (χ2v) is 7.26. The molecule has 26 heavy (non-hydrogen) atoms. The number of aromatic nitrogens is 1. The number of aryl methyl sites for hydroxylation is 2. The van der Waals surface area contributed by atoms with Crippen LogP contribution in [0.1, 0.15) is 55.8 Å². The van der Waals surface area contributed by atoms with E-state index in [1.54, 1.807) is 6.20 Å². The van der Waals surface area contributed by atoms with Crippen LogP contribution in [0.4, 0.5) is 0 Å². The molecule has 1 saturated carbocycles. The van der Waals surface area contributed by atoms with Gasteiger partial charge in [0.2, 0.25) is 5.91 Å². The van der Waals surface area contributed by atoms with E-state index in [4.69, 9.17) is 0 Å². The molecule has 0 bridgehead atoms. The third-order valence-corrected chi connectivity index (χ3v) is 5.39. The van der Waals surface area contributed by atoms with E-state index in [0.29, 0.717) is 19.3 Å². The number of amides is 1. The van der Waals surface area contributed by atoms with Gasteiger partial charge in [0.05, 0.1) is 5.69 Å². The van der Waals surface area contributed by atoms with Crippen LogP contribution >= 0.6 is 0 Å². The minimum absolute atomic E-state index is 0.0952. The molecule has 2 N–H and O–H groups in total. The van der Waals surface area contributed by atoms with Crippen LogP contribution in [-0.2, 0) is 23.2 Å². The molecule has 1 aromatic carbocycles. The number of nitrogens with one attached hydrogen (secondary N) is 1. The van der Waals surface area contributed by atoms with Crippen molar-refractivity contribution < 1.29 is 9.90 Å². The van der Waals surface area contributed by atoms with Gasteiger partial charge in [0, 0.05) is 18.7 Å². The number of carbonyl (C=O) groups excluding carboxylic acids is 1. The standard InChI is InChI=1S/C22H28N2O2/c1-2-17-6-8-18(9-7-17)10-11-21(25)24-19-12-14-22(26,15-13-19)20-5-3-4-16-23-20/h3-9,16,19,26H,2,10-15H2,1H3,(H,24,25). The zero-order valence-electron chi connectivity index (χ0n) is 15.4. The number of pyridine rings is 1. The van der Waals surface area contributed by atoms with Crippen molar-refractivity contribution in [3.8, 4) is 0 Å². The van der Waals surface area contributed by atoms with Gasteiger partial charge in [-0.15, -0.1) is 0 Å². The maximum absolute atomic E-state index is 12.3. The lowest BCUT2D eigenvalue weighted by Gasteiger charge is -2.35. The minimum Gasteiger partial charge on any atom is -0.384 e. The highest BCUT2D eigenvalue weighted by atomic mass is 16.3. The molecular weight excluding hydrogens is 324 g/mol. The number of aliphatic hydroxyl groups is 1. The molecule has 0 unspecified atom stereocenters. The van der Waals surface area contributed by atoms with Gasteiger partial charge < -0.3 is 10.4 Å². The van der Waals surface area contributed by atoms with Gasteiger partial charge in [0.15, 0.2) is 0 Å². The molecule has 0 aliphatic heterocycles. The number of carbonyl (C=O) groups is 1. The number of benzene rings is 1. The molecule has 138 valence electrons. The zero-order chi connectivity index (χ0) is 18.4. The summed E-state index contributed by atoms with van der Waals surface area (Å²) in [5.74, 6) is 0.0952. The molecule has 1 aromatic heterocycles. The van der Waals surface area contributed by atoms with Gasteiger partial charge in [-0.1, -0.05) is 37.3 Å². The second-order valence-electron chi connectivity index (χ2n) is 7.26. The van der Waals surface area contributed by atoms with Gasteiger partial charge >= 0.3 is 0 Å². The summed E-state index contributed by atoms with van der Waals surface area (Å²) in [5, 5.41) is 13.9. The third-order valence-electron chi connectivity index (χ3n) is 5.39. The molecule has 1 amide bonds. The van der Waals surface area contributed by atoms with Crippen LogP contribution in [0.25, 0.3) is 0 Å². The number of nitrogens with zero attached hydrogens (tertiary/aromatic N) is 1. The first kappa shape index (κ1) is 18.6. The Kier molecular flexibility index (Phi) is 6.04. The molecule has 0 atom stereocenters. The average molecular weight is 352 g/mol. The lowest BCUT2D eigenvalue weighted by molar-refractivity contribution is -0.122. The van der Waals surface area contributed by atoms with Crippen LogP contribution < -0.4 is 5.32 Å². The zero-order valence-corrected chi connectivity index (χ0v) is 15.4. The first-order chi connectivity index (χ1) is 12.6. The summed E-state index contributed by atoms with van der Waals surface area (Å²) in [4.78, 5) is 16.6. The van der Waals surface area contributed by atoms with Crippen LogP contribution in [0.5, 0.6) is 0 Å². The Bertz CT molecular complexity index is 705. The van der Waals surface area contributed by atoms with E-state index in [-0.39, 0.29) is 11.9 Å². The third kappa shape index (κ3) is 4.70. The molecule has 1 aliphatic rings. The Hall–Kier alpha value is -2.20. The number of rotatable bonds is 6. The summed E-state index contributed by atoms with van der Waals surface area (Å²) >= 11 is 0. The van der Waals surface area contributed by atoms with Crippen molar-refractivity contribution in [1.82, 2.24) is 10.3 Å². The van der Waals surface area contributed by atoms with Crippen molar-refractivity contribution in [1.29, 1.82) is 0 Å². The topological polar surface area (TPSA) is 62.2 Å². The quantitative estimate of drug-likeness (QED) is 0.836. The monoisotopic (exact) mass is 352 g/mol. The second kappa shape index (κ2) is 8.45. The summed E-state index contributed by atoms with van der Waals surface area (Å²) < 4.78 is 0. The summed E-state index contributed by atoms with van der Waals surface area (Å²) in [6.45, 7) is 2.14. The Balaban J connectivity index is 1.44. The molecule has 1 aliphatic carbocycles. The highest BCUT2D eigenvalue weighted by Crippen LogP contribution is 2.35. The lowest BCUT2D eigenvalue weighted by atomic mass is 9.80. The predicted molar refractivity (Wildman–Crippen MR) is 103 cm³/mol. The fourth-order valence-corrected chi connectivity index (χ4v) is 3.63. The van der Waals surface area contributed by atoms with Gasteiger partial charge in [-0.3, -0.25) is 9.78 Å². The Morgan fingerprint density at radius 2 is 1.85 bits per heavy atom. The van der Waals surface area contributed by atoms with Crippen molar-refractivity contribution in [2.24, 2.45) is 0 Å². The average Bonchev–Trinajstić information content (AvgIpc) is 2.69. The maximum atomic E-state index is 12.3. The van der Waals surface area contributed by atoms with E-state index in [9.17, 15) is 9.90 Å². The van der Waals surface area contributed by atoms with E-state index in [1.807, 2.05) is 18.2 Å². The van der Waals surface area contributed by atoms with E-state index in [0.717, 1.165) is 31.4 Å². The highest BCUT2D eigenvalue weighted by molar-refractivity contribution is 5.76. The van der Waals surface area contributed by atoms with E-state index < -0.39 is 5.60 Å². The predicted octanol–water partition coefficient (Wildman–Crippen LogP) is 3.52. The van der Waals surface area contributed by atoms with E-state index in [1.165, 1.54) is 11.1 Å². The summed E-state index contributed by atoms with van der Waals surface area (Å²) in [5.41, 5.74) is 2.40. The van der Waals surface area contributed by atoms with Crippen molar-refractivity contribution in [2.75, 3.05) is 0 Å². The van der Waals surface area contributed by atoms with Crippen molar-refractivity contribution in [2.45, 2.75) is 63.5 Å². The fourth-order valence-electron chi connectivity index (χ4n) is 3.63. The molecule has 0 saturated heterocycles. The largest absolute Gasteiger partial charge is 0.384 e. The van der Waals surface area contributed by atoms with Crippen molar-refractivity contribution >= 4 is 5.91 Å². The van der Waals surface area contributed by atoms with Gasteiger partial charge in [-0.25, -0.2) is 0 Å². The molecule has 1 heterocycles. The van der Waals surface area contributed by atoms with Gasteiger partial charge in [0.25, 0.3) is 0 Å². The van der Waals surface area contributed by atoms with Gasteiger partial charge in [-0.05, 0) is 61.8 Å². The molecule has 1 fully saturated rings. The van der Waals surface area contributed by atoms with Crippen molar-refractivity contribution in [3.63, 3.8) is 0 Å². The highest BCUT2D eigenvalue weighted by Gasteiger charge is 2.36. The number of hydrogen-bond donors (Lipinski definition) is 2. The van der Waals surface area contributed by atoms with Gasteiger partial charge in [-0.2, -0.15) is 0 Å². The maximum Gasteiger partial charge on any atom is 0.220 e. The summed E-state index contributed by atoms with van der Waals surface area (Å²) in [7, 11) is 0. The smallest absolute Gasteiger partial charge is 0.220 e. The van der Waals surface area contributed by atoms with Crippen LogP contribution in [0.3, 0.4) is 0 Å². The van der Waals surface area contributed by atoms with Crippen molar-refractivity contribution in [3.05, 3.63) is 65.5 Å². The normalized spacial score (nSPS) is 22.8. The van der Waals surface area contributed by atoms with Crippen LogP contribution in [0.15, 0.2) is 48.7 Å². The van der Waals surface area contributed by atoms with Crippen LogP contribution in [0, 0.1) is 0 Å². The summed E-state index contributed by atoms with van der Waals surface area (Å²) in [6.07, 6.45) is 6.85. The molecule has 4 heteroatoms. The van der Waals surface area contributed by atoms with Crippen LogP contribution in [-0.4, -0.2) is 22.0 Å². The molecule has 4 nitrogen and oxygen atoms in total. The first-order valence-corrected chi connectivity index (χ1v) is 9.60. The molecule has 0 radical (unpaired) electrons. The molecular formula is C22H28N2O2. The lowest BCUT2D eigenvalue weighted by Crippen LogP contribution is -2.42. The van der Waals surface area contributed by atoms with E-state index in [2.05, 4.69) is 41.5 Å². The van der Waals surface area contributed by atoms with Gasteiger partial charge in [0.1, 0.15) is 5.60 Å². The summed E-state index contributed by atoms with van der Waals surface area (Å²) in [6, 6.07) is 14.3. The Labute approximate surface area is 155 Å². The molecule has 2 aromatic rings. The van der Waals surface area contributed by atoms with E-state index >= 15 is 0 Å². The SMILES string of the molecule is CCc1ccc(CCC(=O)NC2CCC(O)(c3ccccn3)CC2)cc1.